The zero-order valence-electron chi connectivity index (χ0n) is 14.6. The number of amides is 1. The van der Waals surface area contributed by atoms with E-state index in [2.05, 4.69) is 15.5 Å². The maximum Gasteiger partial charge on any atom is 0.305 e. The third kappa shape index (κ3) is 4.53. The van der Waals surface area contributed by atoms with Crippen molar-refractivity contribution in [1.29, 1.82) is 0 Å². The summed E-state index contributed by atoms with van der Waals surface area (Å²) in [5.74, 6) is -0.957. The third-order valence-electron chi connectivity index (χ3n) is 3.99. The van der Waals surface area contributed by atoms with Crippen molar-refractivity contribution < 1.29 is 14.7 Å². The van der Waals surface area contributed by atoms with Crippen LogP contribution in [0.15, 0.2) is 42.6 Å². The van der Waals surface area contributed by atoms with E-state index < -0.39 is 11.9 Å². The average molecular weight is 388 g/mol. The van der Waals surface area contributed by atoms with Gasteiger partial charge >= 0.3 is 5.97 Å². The lowest BCUT2D eigenvalue weighted by molar-refractivity contribution is -0.137. The lowest BCUT2D eigenvalue weighted by Gasteiger charge is -2.07. The molecule has 0 saturated carbocycles. The lowest BCUT2D eigenvalue weighted by Crippen LogP contribution is -2.19. The van der Waals surface area contributed by atoms with Crippen LogP contribution in [0.3, 0.4) is 0 Å². The molecule has 1 aromatic carbocycles. The van der Waals surface area contributed by atoms with Crippen LogP contribution in [0.2, 0.25) is 5.02 Å². The zero-order chi connectivity index (χ0) is 19.4. The highest BCUT2D eigenvalue weighted by molar-refractivity contribution is 6.31. The van der Waals surface area contributed by atoms with Gasteiger partial charge in [0.15, 0.2) is 5.82 Å². The first-order valence-corrected chi connectivity index (χ1v) is 8.64. The monoisotopic (exact) mass is 387 g/mol. The number of carbonyl (C=O) groups is 2. The Morgan fingerprint density at radius 1 is 1.22 bits per heavy atom. The van der Waals surface area contributed by atoms with Crippen LogP contribution in [0.5, 0.6) is 0 Å². The molecule has 0 atom stereocenters. The van der Waals surface area contributed by atoms with Gasteiger partial charge in [-0.3, -0.25) is 19.0 Å². The highest BCUT2D eigenvalue weighted by Gasteiger charge is 2.15. The van der Waals surface area contributed by atoms with Gasteiger partial charge in [0.2, 0.25) is 0 Å². The lowest BCUT2D eigenvalue weighted by atomic mass is 10.2. The van der Waals surface area contributed by atoms with Crippen molar-refractivity contribution in [3.63, 3.8) is 0 Å². The molecule has 0 saturated heterocycles. The molecular weight excluding hydrogens is 370 g/mol. The van der Waals surface area contributed by atoms with E-state index in [4.69, 9.17) is 16.7 Å². The zero-order valence-corrected chi connectivity index (χ0v) is 15.3. The Labute approximate surface area is 160 Å². The number of hydrogen-bond acceptors (Lipinski definition) is 4. The number of rotatable bonds is 7. The smallest absolute Gasteiger partial charge is 0.305 e. The molecule has 8 nitrogen and oxygen atoms in total. The quantitative estimate of drug-likeness (QED) is 0.649. The van der Waals surface area contributed by atoms with Crippen LogP contribution < -0.4 is 5.32 Å². The van der Waals surface area contributed by atoms with E-state index in [0.29, 0.717) is 17.4 Å². The molecular formula is C18H18ClN5O3. The van der Waals surface area contributed by atoms with Gasteiger partial charge in [-0.05, 0) is 24.6 Å². The molecule has 3 aromatic rings. The first-order valence-electron chi connectivity index (χ1n) is 8.27. The number of carbonyl (C=O) groups excluding carboxylic acids is 1. The maximum atomic E-state index is 12.5. The van der Waals surface area contributed by atoms with Crippen molar-refractivity contribution in [3.8, 4) is 0 Å². The molecule has 0 aliphatic carbocycles. The Morgan fingerprint density at radius 2 is 2.00 bits per heavy atom. The van der Waals surface area contributed by atoms with Crippen molar-refractivity contribution in [2.75, 3.05) is 5.32 Å². The minimum Gasteiger partial charge on any atom is -0.481 e. The molecule has 0 spiro atoms. The molecule has 9 heteroatoms. The van der Waals surface area contributed by atoms with Crippen molar-refractivity contribution in [3.05, 3.63) is 64.6 Å². The highest BCUT2D eigenvalue weighted by atomic mass is 35.5. The van der Waals surface area contributed by atoms with E-state index in [0.717, 1.165) is 11.3 Å². The minimum absolute atomic E-state index is 0.116. The highest BCUT2D eigenvalue weighted by Crippen LogP contribution is 2.18. The van der Waals surface area contributed by atoms with Crippen LogP contribution in [-0.2, 0) is 17.9 Å². The van der Waals surface area contributed by atoms with Crippen molar-refractivity contribution in [2.45, 2.75) is 26.4 Å². The van der Waals surface area contributed by atoms with E-state index in [1.54, 1.807) is 10.7 Å². The van der Waals surface area contributed by atoms with Crippen molar-refractivity contribution in [1.82, 2.24) is 19.6 Å². The Balaban J connectivity index is 1.72. The molecule has 0 fully saturated rings. The summed E-state index contributed by atoms with van der Waals surface area (Å²) in [6.07, 6.45) is 1.34. The molecule has 2 aromatic heterocycles. The van der Waals surface area contributed by atoms with Gasteiger partial charge in [-0.25, -0.2) is 0 Å². The van der Waals surface area contributed by atoms with Crippen LogP contribution >= 0.6 is 11.6 Å². The number of aliphatic carboxylic acids is 1. The summed E-state index contributed by atoms with van der Waals surface area (Å²) in [6.45, 7) is 2.49. The van der Waals surface area contributed by atoms with Gasteiger partial charge in [-0.15, -0.1) is 0 Å². The SMILES string of the molecule is Cc1cc(NC(=O)c2ccnn2CCC(=O)O)nn1Cc1ccccc1Cl. The number of anilines is 1. The molecule has 0 aliphatic heterocycles. The normalized spacial score (nSPS) is 10.7. The number of aromatic nitrogens is 4. The summed E-state index contributed by atoms with van der Waals surface area (Å²) in [7, 11) is 0. The van der Waals surface area contributed by atoms with Gasteiger partial charge < -0.3 is 10.4 Å². The number of carboxylic acid groups (broad SMARTS) is 1. The Morgan fingerprint density at radius 3 is 2.74 bits per heavy atom. The van der Waals surface area contributed by atoms with E-state index >= 15 is 0 Å². The Hall–Kier alpha value is -3.13. The predicted octanol–water partition coefficient (Wildman–Crippen LogP) is 2.82. The van der Waals surface area contributed by atoms with Crippen LogP contribution in [-0.4, -0.2) is 36.5 Å². The summed E-state index contributed by atoms with van der Waals surface area (Å²) < 4.78 is 3.11. The van der Waals surface area contributed by atoms with Gasteiger partial charge in [0.05, 0.1) is 19.5 Å². The van der Waals surface area contributed by atoms with E-state index in [1.807, 2.05) is 31.2 Å². The number of aryl methyl sites for hydroxylation is 2. The van der Waals surface area contributed by atoms with Gasteiger partial charge in [0.25, 0.3) is 5.91 Å². The van der Waals surface area contributed by atoms with Crippen LogP contribution in [0.1, 0.15) is 28.2 Å². The Kier molecular flexibility index (Phi) is 5.56. The molecule has 1 amide bonds. The van der Waals surface area contributed by atoms with Gasteiger partial charge in [0.1, 0.15) is 5.69 Å². The number of nitrogens with zero attached hydrogens (tertiary/aromatic N) is 4. The standard InChI is InChI=1S/C18H18ClN5O3/c1-12-10-16(22-24(12)11-13-4-2-3-5-14(13)19)21-18(27)15-6-8-20-23(15)9-7-17(25)26/h2-6,8,10H,7,9,11H2,1H3,(H,25,26)(H,21,22,27). The fraction of sp³-hybridized carbons (Fsp3) is 0.222. The second kappa shape index (κ2) is 8.05. The first-order chi connectivity index (χ1) is 12.9. The maximum absolute atomic E-state index is 12.5. The number of halogens is 1. The molecule has 140 valence electrons. The molecule has 0 unspecified atom stereocenters. The van der Waals surface area contributed by atoms with E-state index in [-0.39, 0.29) is 18.7 Å². The van der Waals surface area contributed by atoms with Gasteiger partial charge in [-0.1, -0.05) is 29.8 Å². The number of hydrogen-bond donors (Lipinski definition) is 2. The summed E-state index contributed by atoms with van der Waals surface area (Å²) in [5, 5.41) is 20.6. The minimum atomic E-state index is -0.953. The molecule has 0 radical (unpaired) electrons. The summed E-state index contributed by atoms with van der Waals surface area (Å²) in [6, 6.07) is 10.8. The Bertz CT molecular complexity index is 979. The van der Waals surface area contributed by atoms with Crippen molar-refractivity contribution in [2.24, 2.45) is 0 Å². The topological polar surface area (TPSA) is 102 Å². The first kappa shape index (κ1) is 18.7. The van der Waals surface area contributed by atoms with Crippen molar-refractivity contribution >= 4 is 29.3 Å². The predicted molar refractivity (Wildman–Crippen MR) is 100.0 cm³/mol. The van der Waals surface area contributed by atoms with E-state index in [9.17, 15) is 9.59 Å². The largest absolute Gasteiger partial charge is 0.481 e. The number of benzene rings is 1. The summed E-state index contributed by atoms with van der Waals surface area (Å²) in [5.41, 5.74) is 2.06. The molecule has 0 aliphatic rings. The fourth-order valence-corrected chi connectivity index (χ4v) is 2.80. The van der Waals surface area contributed by atoms with Crippen LogP contribution in [0.25, 0.3) is 0 Å². The third-order valence-corrected chi connectivity index (χ3v) is 4.36. The van der Waals surface area contributed by atoms with Gasteiger partial charge in [0, 0.05) is 23.0 Å². The fourth-order valence-electron chi connectivity index (χ4n) is 2.60. The molecule has 0 bridgehead atoms. The number of carboxylic acids is 1. The molecule has 3 rings (SSSR count). The van der Waals surface area contributed by atoms with Crippen LogP contribution in [0.4, 0.5) is 5.82 Å². The molecule has 27 heavy (non-hydrogen) atoms. The summed E-state index contributed by atoms with van der Waals surface area (Å²) in [4.78, 5) is 23.2. The number of nitrogens with one attached hydrogen (secondary N) is 1. The second-order valence-corrected chi connectivity index (χ2v) is 6.36. The summed E-state index contributed by atoms with van der Waals surface area (Å²) >= 11 is 6.19. The van der Waals surface area contributed by atoms with Gasteiger partial charge in [-0.2, -0.15) is 10.2 Å². The second-order valence-electron chi connectivity index (χ2n) is 5.96. The molecule has 2 heterocycles. The molecule has 2 N–H and O–H groups in total. The average Bonchev–Trinajstić information content (AvgIpc) is 3.22. The van der Waals surface area contributed by atoms with E-state index in [1.165, 1.54) is 16.9 Å². The van der Waals surface area contributed by atoms with Crippen LogP contribution in [0, 0.1) is 6.92 Å².